The third kappa shape index (κ3) is 3.66. The largest absolute Gasteiger partial charge is 0.296 e. The first-order valence-electron chi connectivity index (χ1n) is 6.67. The van der Waals surface area contributed by atoms with Crippen LogP contribution < -0.4 is 0 Å². The molecule has 1 saturated carbocycles. The van der Waals surface area contributed by atoms with E-state index >= 15 is 0 Å². The maximum absolute atomic E-state index is 11.8. The SMILES string of the molecule is CCCCCCCCC1(Cl)CC(=O)C(Cl)(Cl)C1(Cl)Cl. The van der Waals surface area contributed by atoms with Crippen LogP contribution >= 0.6 is 58.0 Å². The smallest absolute Gasteiger partial charge is 0.210 e. The minimum Gasteiger partial charge on any atom is -0.296 e. The molecule has 0 heterocycles. The highest BCUT2D eigenvalue weighted by Gasteiger charge is 2.70. The van der Waals surface area contributed by atoms with E-state index < -0.39 is 19.3 Å². The zero-order chi connectivity index (χ0) is 14.7. The third-order valence-electron chi connectivity index (χ3n) is 3.67. The lowest BCUT2D eigenvalue weighted by atomic mass is 9.97. The lowest BCUT2D eigenvalue weighted by Crippen LogP contribution is -2.46. The van der Waals surface area contributed by atoms with E-state index in [4.69, 9.17) is 58.0 Å². The Morgan fingerprint density at radius 3 is 1.95 bits per heavy atom. The second-order valence-electron chi connectivity index (χ2n) is 5.23. The number of carbonyl (C=O) groups excluding carboxylic acids is 1. The molecule has 1 aliphatic carbocycles. The summed E-state index contributed by atoms with van der Waals surface area (Å²) in [6.07, 6.45) is 7.29. The summed E-state index contributed by atoms with van der Waals surface area (Å²) < 4.78 is -3.47. The van der Waals surface area contributed by atoms with Crippen molar-refractivity contribution in [2.24, 2.45) is 0 Å². The second-order valence-corrected chi connectivity index (χ2v) is 8.61. The fraction of sp³-hybridized carbons (Fsp3) is 0.923. The topological polar surface area (TPSA) is 17.1 Å². The third-order valence-corrected chi connectivity index (χ3v) is 7.14. The van der Waals surface area contributed by atoms with Crippen LogP contribution in [0.4, 0.5) is 0 Å². The zero-order valence-corrected chi connectivity index (χ0v) is 14.7. The van der Waals surface area contributed by atoms with Crippen molar-refractivity contribution in [2.45, 2.75) is 71.8 Å². The summed E-state index contributed by atoms with van der Waals surface area (Å²) in [5.74, 6) is -0.401. The molecule has 0 saturated heterocycles. The molecule has 6 heteroatoms. The maximum Gasteiger partial charge on any atom is 0.210 e. The van der Waals surface area contributed by atoms with E-state index in [2.05, 4.69) is 6.92 Å². The minimum absolute atomic E-state index is 0.0174. The lowest BCUT2D eigenvalue weighted by molar-refractivity contribution is -0.118. The van der Waals surface area contributed by atoms with Crippen LogP contribution in [0.25, 0.3) is 0 Å². The quantitative estimate of drug-likeness (QED) is 0.396. The van der Waals surface area contributed by atoms with Crippen LogP contribution in [0.15, 0.2) is 0 Å². The molecule has 112 valence electrons. The molecule has 1 nitrogen and oxygen atoms in total. The fourth-order valence-electron chi connectivity index (χ4n) is 2.36. The van der Waals surface area contributed by atoms with E-state index in [0.29, 0.717) is 6.42 Å². The number of Topliss-reactive ketones (excluding diaryl/α,β-unsaturated/α-hetero) is 1. The summed E-state index contributed by atoms with van der Waals surface area (Å²) in [6.45, 7) is 2.17. The molecule has 1 rings (SSSR count). The molecule has 0 amide bonds. The van der Waals surface area contributed by atoms with Crippen LogP contribution in [0, 0.1) is 0 Å². The second kappa shape index (κ2) is 6.92. The Morgan fingerprint density at radius 1 is 0.947 bits per heavy atom. The number of hydrogen-bond donors (Lipinski definition) is 0. The van der Waals surface area contributed by atoms with E-state index in [1.165, 1.54) is 19.3 Å². The Kier molecular flexibility index (Phi) is 6.62. The number of hydrogen-bond acceptors (Lipinski definition) is 1. The molecule has 0 aliphatic heterocycles. The normalized spacial score (nSPS) is 28.8. The number of alkyl halides is 5. The van der Waals surface area contributed by atoms with Crippen LogP contribution in [-0.2, 0) is 4.79 Å². The number of unbranched alkanes of at least 4 members (excludes halogenated alkanes) is 5. The van der Waals surface area contributed by atoms with Crippen molar-refractivity contribution in [1.29, 1.82) is 0 Å². The van der Waals surface area contributed by atoms with Gasteiger partial charge >= 0.3 is 0 Å². The van der Waals surface area contributed by atoms with Gasteiger partial charge in [-0.15, -0.1) is 11.6 Å². The van der Waals surface area contributed by atoms with Gasteiger partial charge in [0.25, 0.3) is 0 Å². The Hall–Kier alpha value is 1.12. The van der Waals surface area contributed by atoms with Gasteiger partial charge in [-0.25, -0.2) is 0 Å². The predicted octanol–water partition coefficient (Wildman–Crippen LogP) is 6.04. The van der Waals surface area contributed by atoms with Gasteiger partial charge in [0.15, 0.2) is 10.1 Å². The first kappa shape index (κ1) is 18.2. The molecule has 0 aromatic carbocycles. The molecule has 0 bridgehead atoms. The molecule has 0 aromatic heterocycles. The van der Waals surface area contributed by atoms with Crippen molar-refractivity contribution in [3.63, 3.8) is 0 Å². The number of rotatable bonds is 7. The molecule has 1 atom stereocenters. The zero-order valence-electron chi connectivity index (χ0n) is 11.0. The number of halogens is 5. The Bertz CT molecular complexity index is 329. The van der Waals surface area contributed by atoms with Crippen LogP contribution in [0.1, 0.15) is 58.3 Å². The maximum atomic E-state index is 11.8. The van der Waals surface area contributed by atoms with Crippen molar-refractivity contribution in [1.82, 2.24) is 0 Å². The molecule has 1 fully saturated rings. The highest BCUT2D eigenvalue weighted by atomic mass is 35.5. The van der Waals surface area contributed by atoms with Crippen LogP contribution in [0.5, 0.6) is 0 Å². The van der Waals surface area contributed by atoms with Gasteiger partial charge in [0, 0.05) is 6.42 Å². The van der Waals surface area contributed by atoms with Gasteiger partial charge in [0.05, 0.1) is 4.87 Å². The van der Waals surface area contributed by atoms with Crippen molar-refractivity contribution in [3.05, 3.63) is 0 Å². The average Bonchev–Trinajstić information content (AvgIpc) is 2.43. The average molecular weight is 369 g/mol. The van der Waals surface area contributed by atoms with Gasteiger partial charge in [0.1, 0.15) is 0 Å². The summed E-state index contributed by atoms with van der Waals surface area (Å²) in [5.41, 5.74) is 0. The Labute approximate surface area is 140 Å². The fourth-order valence-corrected chi connectivity index (χ4v) is 3.89. The number of ketones is 1. The van der Waals surface area contributed by atoms with Crippen molar-refractivity contribution >= 4 is 63.8 Å². The highest BCUT2D eigenvalue weighted by Crippen LogP contribution is 2.61. The summed E-state index contributed by atoms with van der Waals surface area (Å²) in [6, 6.07) is 0. The van der Waals surface area contributed by atoms with Crippen molar-refractivity contribution in [3.8, 4) is 0 Å². The molecular weight excluding hydrogens is 349 g/mol. The molecule has 0 radical (unpaired) electrons. The molecule has 1 aliphatic rings. The lowest BCUT2D eigenvalue weighted by Gasteiger charge is -2.35. The van der Waals surface area contributed by atoms with E-state index in [1.54, 1.807) is 0 Å². The van der Waals surface area contributed by atoms with Crippen LogP contribution in [0.3, 0.4) is 0 Å². The van der Waals surface area contributed by atoms with Crippen molar-refractivity contribution in [2.75, 3.05) is 0 Å². The molecule has 19 heavy (non-hydrogen) atoms. The van der Waals surface area contributed by atoms with Crippen molar-refractivity contribution < 1.29 is 4.79 Å². The van der Waals surface area contributed by atoms with Gasteiger partial charge in [-0.1, -0.05) is 91.9 Å². The first-order valence-corrected chi connectivity index (χ1v) is 8.56. The van der Waals surface area contributed by atoms with Crippen LogP contribution in [-0.4, -0.2) is 19.3 Å². The van der Waals surface area contributed by atoms with Gasteiger partial charge in [0.2, 0.25) is 4.33 Å². The summed E-state index contributed by atoms with van der Waals surface area (Å²) in [7, 11) is 0. The summed E-state index contributed by atoms with van der Waals surface area (Å²) in [5, 5.41) is 0. The monoisotopic (exact) mass is 366 g/mol. The van der Waals surface area contributed by atoms with Gasteiger partial charge in [-0.05, 0) is 6.42 Å². The van der Waals surface area contributed by atoms with E-state index in [1.807, 2.05) is 0 Å². The molecule has 1 unspecified atom stereocenters. The molecule has 0 spiro atoms. The van der Waals surface area contributed by atoms with Gasteiger partial charge < -0.3 is 0 Å². The first-order chi connectivity index (χ1) is 8.69. The molecular formula is C13H19Cl5O. The van der Waals surface area contributed by atoms with E-state index in [0.717, 1.165) is 19.3 Å². The van der Waals surface area contributed by atoms with Gasteiger partial charge in [-0.3, -0.25) is 4.79 Å². The highest BCUT2D eigenvalue weighted by molar-refractivity contribution is 6.72. The summed E-state index contributed by atoms with van der Waals surface area (Å²) in [4.78, 5) is 10.7. The number of carbonyl (C=O) groups is 1. The standard InChI is InChI=1S/C13H19Cl5O/c1-2-3-4-5-6-7-8-11(14)9-10(19)12(15,16)13(11,17)18/h2-9H2,1H3. The van der Waals surface area contributed by atoms with Crippen LogP contribution in [0.2, 0.25) is 0 Å². The minimum atomic E-state index is -1.82. The Balaban J connectivity index is 2.51. The Morgan fingerprint density at radius 2 is 1.47 bits per heavy atom. The van der Waals surface area contributed by atoms with E-state index in [9.17, 15) is 4.79 Å². The predicted molar refractivity (Wildman–Crippen MR) is 85.1 cm³/mol. The summed E-state index contributed by atoms with van der Waals surface area (Å²) >= 11 is 30.7. The van der Waals surface area contributed by atoms with Gasteiger partial charge in [-0.2, -0.15) is 0 Å². The molecule has 0 N–H and O–H groups in total. The molecule has 0 aromatic rings. The van der Waals surface area contributed by atoms with E-state index in [-0.39, 0.29) is 6.42 Å².